The van der Waals surface area contributed by atoms with E-state index in [-0.39, 0.29) is 5.92 Å². The van der Waals surface area contributed by atoms with Gasteiger partial charge in [-0.15, -0.1) is 0 Å². The second kappa shape index (κ2) is 6.36. The van der Waals surface area contributed by atoms with Gasteiger partial charge in [-0.05, 0) is 53.1 Å². The Kier molecular flexibility index (Phi) is 4.21. The smallest absolute Gasteiger partial charge is 0.227 e. The van der Waals surface area contributed by atoms with Crippen LogP contribution in [0.5, 0.6) is 0 Å². The van der Waals surface area contributed by atoms with Crippen LogP contribution in [0.15, 0.2) is 16.7 Å². The van der Waals surface area contributed by atoms with Gasteiger partial charge in [0.05, 0.1) is 11.5 Å². The molecule has 0 N–H and O–H groups in total. The van der Waals surface area contributed by atoms with Crippen LogP contribution in [-0.4, -0.2) is 42.0 Å². The molecule has 0 spiro atoms. The SMILES string of the molecule is N#Cc1cc(Br)cnc1N1CCC(C(=O)N2CC3CCCC3C2)C1. The largest absolute Gasteiger partial charge is 0.355 e. The Morgan fingerprint density at radius 1 is 1.25 bits per heavy atom. The zero-order valence-corrected chi connectivity index (χ0v) is 15.2. The maximum Gasteiger partial charge on any atom is 0.227 e. The molecule has 126 valence electrons. The Morgan fingerprint density at radius 2 is 2.00 bits per heavy atom. The predicted octanol–water partition coefficient (Wildman–Crippen LogP) is 2.80. The number of hydrogen-bond acceptors (Lipinski definition) is 4. The van der Waals surface area contributed by atoms with E-state index in [9.17, 15) is 10.1 Å². The first kappa shape index (κ1) is 15.9. The summed E-state index contributed by atoms with van der Waals surface area (Å²) in [5.41, 5.74) is 0.563. The molecule has 1 aliphatic carbocycles. The predicted molar refractivity (Wildman–Crippen MR) is 94.4 cm³/mol. The van der Waals surface area contributed by atoms with E-state index < -0.39 is 0 Å². The number of anilines is 1. The molecule has 0 aromatic carbocycles. The second-order valence-electron chi connectivity index (χ2n) is 7.26. The van der Waals surface area contributed by atoms with Crippen molar-refractivity contribution in [3.05, 3.63) is 22.3 Å². The number of rotatable bonds is 2. The molecule has 3 heterocycles. The minimum absolute atomic E-state index is 0.0424. The van der Waals surface area contributed by atoms with Crippen LogP contribution in [0.1, 0.15) is 31.2 Å². The summed E-state index contributed by atoms with van der Waals surface area (Å²) in [4.78, 5) is 21.5. The van der Waals surface area contributed by atoms with Crippen molar-refractivity contribution in [1.29, 1.82) is 5.26 Å². The molecule has 24 heavy (non-hydrogen) atoms. The van der Waals surface area contributed by atoms with E-state index >= 15 is 0 Å². The van der Waals surface area contributed by atoms with Crippen molar-refractivity contribution in [1.82, 2.24) is 9.88 Å². The summed E-state index contributed by atoms with van der Waals surface area (Å²) in [5.74, 6) is 2.53. The third kappa shape index (κ3) is 2.79. The van der Waals surface area contributed by atoms with E-state index in [4.69, 9.17) is 0 Å². The lowest BCUT2D eigenvalue weighted by Crippen LogP contribution is -2.36. The van der Waals surface area contributed by atoms with Gasteiger partial charge in [0.25, 0.3) is 0 Å². The number of fused-ring (bicyclic) bond motifs is 1. The van der Waals surface area contributed by atoms with E-state index in [0.29, 0.717) is 23.8 Å². The van der Waals surface area contributed by atoms with Gasteiger partial charge < -0.3 is 9.80 Å². The Hall–Kier alpha value is -1.61. The maximum absolute atomic E-state index is 12.9. The van der Waals surface area contributed by atoms with Crippen molar-refractivity contribution in [2.75, 3.05) is 31.1 Å². The van der Waals surface area contributed by atoms with Crippen molar-refractivity contribution in [2.24, 2.45) is 17.8 Å². The normalized spacial score (nSPS) is 28.9. The van der Waals surface area contributed by atoms with E-state index in [1.165, 1.54) is 19.3 Å². The summed E-state index contributed by atoms with van der Waals surface area (Å²) in [6.45, 7) is 3.38. The number of likely N-dealkylation sites (tertiary alicyclic amines) is 1. The maximum atomic E-state index is 12.9. The monoisotopic (exact) mass is 388 g/mol. The molecule has 2 aliphatic heterocycles. The van der Waals surface area contributed by atoms with Gasteiger partial charge in [0.2, 0.25) is 5.91 Å². The highest BCUT2D eigenvalue weighted by Crippen LogP contribution is 2.39. The Balaban J connectivity index is 1.43. The van der Waals surface area contributed by atoms with Gasteiger partial charge in [-0.1, -0.05) is 6.42 Å². The number of hydrogen-bond donors (Lipinski definition) is 0. The molecule has 0 bridgehead atoms. The molecular formula is C18H21BrN4O. The molecule has 1 amide bonds. The third-order valence-electron chi connectivity index (χ3n) is 5.83. The Labute approximate surface area is 150 Å². The summed E-state index contributed by atoms with van der Waals surface area (Å²) >= 11 is 3.36. The number of amides is 1. The number of carbonyl (C=O) groups is 1. The highest BCUT2D eigenvalue weighted by molar-refractivity contribution is 9.10. The quantitative estimate of drug-likeness (QED) is 0.781. The summed E-state index contributed by atoms with van der Waals surface area (Å²) in [7, 11) is 0. The van der Waals surface area contributed by atoms with Gasteiger partial charge in [0, 0.05) is 36.8 Å². The van der Waals surface area contributed by atoms with Crippen LogP contribution in [0.4, 0.5) is 5.82 Å². The van der Waals surface area contributed by atoms with Gasteiger partial charge in [-0.25, -0.2) is 4.98 Å². The molecule has 1 aromatic heterocycles. The van der Waals surface area contributed by atoms with E-state index in [1.807, 2.05) is 0 Å². The second-order valence-corrected chi connectivity index (χ2v) is 8.18. The summed E-state index contributed by atoms with van der Waals surface area (Å²) in [6.07, 6.45) is 6.49. The molecule has 3 unspecified atom stereocenters. The van der Waals surface area contributed by atoms with Crippen LogP contribution in [0, 0.1) is 29.1 Å². The van der Waals surface area contributed by atoms with Crippen LogP contribution < -0.4 is 4.90 Å². The van der Waals surface area contributed by atoms with Crippen molar-refractivity contribution in [2.45, 2.75) is 25.7 Å². The number of carbonyl (C=O) groups excluding carboxylic acids is 1. The average Bonchev–Trinajstić information content (AvgIpc) is 3.29. The summed E-state index contributed by atoms with van der Waals surface area (Å²) in [6, 6.07) is 4.00. The van der Waals surface area contributed by atoms with Gasteiger partial charge in [-0.3, -0.25) is 4.79 Å². The van der Waals surface area contributed by atoms with Crippen LogP contribution in [0.25, 0.3) is 0 Å². The van der Waals surface area contributed by atoms with E-state index in [0.717, 1.165) is 42.4 Å². The number of nitrogens with zero attached hydrogens (tertiary/aromatic N) is 4. The van der Waals surface area contributed by atoms with Crippen molar-refractivity contribution < 1.29 is 4.79 Å². The average molecular weight is 389 g/mol. The van der Waals surface area contributed by atoms with Gasteiger partial charge >= 0.3 is 0 Å². The molecule has 3 fully saturated rings. The lowest BCUT2D eigenvalue weighted by molar-refractivity contribution is -0.134. The topological polar surface area (TPSA) is 60.2 Å². The number of pyridine rings is 1. The van der Waals surface area contributed by atoms with E-state index in [2.05, 4.69) is 36.8 Å². The molecule has 3 atom stereocenters. The fraction of sp³-hybridized carbons (Fsp3) is 0.611. The minimum Gasteiger partial charge on any atom is -0.355 e. The number of halogens is 1. The van der Waals surface area contributed by atoms with Crippen molar-refractivity contribution in [3.63, 3.8) is 0 Å². The standard InChI is InChI=1S/C18H21BrN4O/c19-16-6-15(7-20)17(21-8-16)22-5-4-14(11-22)18(24)23-9-12-2-1-3-13(12)10-23/h6,8,12-14H,1-5,9-11H2. The zero-order chi connectivity index (χ0) is 16.7. The van der Waals surface area contributed by atoms with Gasteiger partial charge in [0.15, 0.2) is 0 Å². The molecule has 2 saturated heterocycles. The third-order valence-corrected chi connectivity index (χ3v) is 6.26. The molecule has 6 heteroatoms. The molecule has 1 aromatic rings. The molecular weight excluding hydrogens is 368 g/mol. The highest BCUT2D eigenvalue weighted by Gasteiger charge is 2.41. The fourth-order valence-electron chi connectivity index (χ4n) is 4.59. The van der Waals surface area contributed by atoms with Crippen LogP contribution >= 0.6 is 15.9 Å². The summed E-state index contributed by atoms with van der Waals surface area (Å²) < 4.78 is 0.804. The summed E-state index contributed by atoms with van der Waals surface area (Å²) in [5, 5.41) is 9.33. The molecule has 3 aliphatic rings. The van der Waals surface area contributed by atoms with Crippen LogP contribution in [-0.2, 0) is 4.79 Å². The highest BCUT2D eigenvalue weighted by atomic mass is 79.9. The first-order chi connectivity index (χ1) is 11.7. The molecule has 0 radical (unpaired) electrons. The van der Waals surface area contributed by atoms with Crippen LogP contribution in [0.2, 0.25) is 0 Å². The van der Waals surface area contributed by atoms with Crippen LogP contribution in [0.3, 0.4) is 0 Å². The van der Waals surface area contributed by atoms with Gasteiger partial charge in [0.1, 0.15) is 11.9 Å². The zero-order valence-electron chi connectivity index (χ0n) is 13.6. The lowest BCUT2D eigenvalue weighted by atomic mass is 10.0. The molecule has 4 rings (SSSR count). The first-order valence-electron chi connectivity index (χ1n) is 8.75. The molecule has 5 nitrogen and oxygen atoms in total. The first-order valence-corrected chi connectivity index (χ1v) is 9.54. The molecule has 1 saturated carbocycles. The number of nitriles is 1. The fourth-order valence-corrected chi connectivity index (χ4v) is 4.93. The van der Waals surface area contributed by atoms with Crippen molar-refractivity contribution >= 4 is 27.7 Å². The van der Waals surface area contributed by atoms with E-state index in [1.54, 1.807) is 12.3 Å². The Morgan fingerprint density at radius 3 is 2.71 bits per heavy atom. The Bertz CT molecular complexity index is 689. The lowest BCUT2D eigenvalue weighted by Gasteiger charge is -2.22. The minimum atomic E-state index is 0.0424. The number of aromatic nitrogens is 1. The van der Waals surface area contributed by atoms with Gasteiger partial charge in [-0.2, -0.15) is 5.26 Å². The van der Waals surface area contributed by atoms with Crippen molar-refractivity contribution in [3.8, 4) is 6.07 Å².